The highest BCUT2D eigenvalue weighted by Gasteiger charge is 2.13. The van der Waals surface area contributed by atoms with Gasteiger partial charge in [-0.3, -0.25) is 0 Å². The van der Waals surface area contributed by atoms with Gasteiger partial charge in [-0.1, -0.05) is 12.1 Å². The lowest BCUT2D eigenvalue weighted by atomic mass is 10.1. The second-order valence-electron chi connectivity index (χ2n) is 3.17. The van der Waals surface area contributed by atoms with Gasteiger partial charge in [0.1, 0.15) is 0 Å². The fraction of sp³-hybridized carbons (Fsp3) is 0.400. The Balaban J connectivity index is 2.36. The minimum absolute atomic E-state index is 1.22. The number of rotatable bonds is 2. The van der Waals surface area contributed by atoms with Crippen LogP contribution >= 0.6 is 0 Å². The van der Waals surface area contributed by atoms with Gasteiger partial charge in [0, 0.05) is 7.05 Å². The lowest BCUT2D eigenvalue weighted by molar-refractivity contribution is 0.907. The number of aryl methyl sites for hydroxylation is 1. The van der Waals surface area contributed by atoms with Crippen LogP contribution in [0.15, 0.2) is 18.2 Å². The highest BCUT2D eigenvalue weighted by atomic mass is 15.3. The molecule has 1 aliphatic carbocycles. The third kappa shape index (κ3) is 1.18. The van der Waals surface area contributed by atoms with Crippen LogP contribution in [0.25, 0.3) is 0 Å². The van der Waals surface area contributed by atoms with Gasteiger partial charge in [0.15, 0.2) is 0 Å². The molecule has 2 N–H and O–H groups in total. The van der Waals surface area contributed by atoms with Crippen molar-refractivity contribution in [1.29, 1.82) is 0 Å². The van der Waals surface area contributed by atoms with Crippen LogP contribution in [0.3, 0.4) is 0 Å². The molecule has 12 heavy (non-hydrogen) atoms. The first-order chi connectivity index (χ1) is 5.92. The van der Waals surface area contributed by atoms with Gasteiger partial charge in [0.2, 0.25) is 0 Å². The van der Waals surface area contributed by atoms with Crippen LogP contribution in [-0.2, 0) is 12.8 Å². The van der Waals surface area contributed by atoms with Crippen molar-refractivity contribution in [3.63, 3.8) is 0 Å². The molecule has 2 nitrogen and oxygen atoms in total. The highest BCUT2D eigenvalue weighted by Crippen LogP contribution is 2.27. The maximum atomic E-state index is 3.16. The van der Waals surface area contributed by atoms with Crippen molar-refractivity contribution < 1.29 is 0 Å². The van der Waals surface area contributed by atoms with Crippen molar-refractivity contribution in [1.82, 2.24) is 5.43 Å². The van der Waals surface area contributed by atoms with E-state index < -0.39 is 0 Å². The number of anilines is 1. The van der Waals surface area contributed by atoms with Crippen LogP contribution < -0.4 is 10.9 Å². The molecule has 1 aliphatic rings. The standard InChI is InChI=1S/C10H14N2/c1-11-12-10-7-3-5-8-4-2-6-9(8)10/h3,5,7,11-12H,2,4,6H2,1H3. The van der Waals surface area contributed by atoms with Gasteiger partial charge < -0.3 is 5.43 Å². The van der Waals surface area contributed by atoms with E-state index in [2.05, 4.69) is 29.1 Å². The lowest BCUT2D eigenvalue weighted by Crippen LogP contribution is -2.16. The average molecular weight is 162 g/mol. The molecule has 0 spiro atoms. The summed E-state index contributed by atoms with van der Waals surface area (Å²) < 4.78 is 0. The number of fused-ring (bicyclic) bond motifs is 1. The monoisotopic (exact) mass is 162 g/mol. The molecule has 0 saturated carbocycles. The Morgan fingerprint density at radius 2 is 2.17 bits per heavy atom. The zero-order valence-corrected chi connectivity index (χ0v) is 7.35. The molecular weight excluding hydrogens is 148 g/mol. The molecule has 1 aromatic rings. The number of hydrogen-bond acceptors (Lipinski definition) is 2. The molecule has 0 unspecified atom stereocenters. The van der Waals surface area contributed by atoms with E-state index in [9.17, 15) is 0 Å². The summed E-state index contributed by atoms with van der Waals surface area (Å²) in [4.78, 5) is 0. The minimum Gasteiger partial charge on any atom is -0.321 e. The van der Waals surface area contributed by atoms with E-state index in [0.717, 1.165) is 0 Å². The number of benzene rings is 1. The molecule has 0 heterocycles. The fourth-order valence-corrected chi connectivity index (χ4v) is 1.87. The SMILES string of the molecule is CNNc1cccc2c1CCC2. The summed E-state index contributed by atoms with van der Waals surface area (Å²) >= 11 is 0. The van der Waals surface area contributed by atoms with E-state index in [4.69, 9.17) is 0 Å². The van der Waals surface area contributed by atoms with Gasteiger partial charge in [-0.25, -0.2) is 5.43 Å². The van der Waals surface area contributed by atoms with E-state index in [1.54, 1.807) is 0 Å². The van der Waals surface area contributed by atoms with Crippen molar-refractivity contribution in [3.8, 4) is 0 Å². The Kier molecular flexibility index (Phi) is 2.00. The van der Waals surface area contributed by atoms with Crippen LogP contribution in [0.4, 0.5) is 5.69 Å². The van der Waals surface area contributed by atoms with Gasteiger partial charge in [-0.2, -0.15) is 0 Å². The summed E-state index contributed by atoms with van der Waals surface area (Å²) in [6.07, 6.45) is 3.77. The van der Waals surface area contributed by atoms with Gasteiger partial charge >= 0.3 is 0 Å². The second kappa shape index (κ2) is 3.15. The van der Waals surface area contributed by atoms with Crippen LogP contribution in [-0.4, -0.2) is 7.05 Å². The molecular formula is C10H14N2. The van der Waals surface area contributed by atoms with Crippen LogP contribution in [0.2, 0.25) is 0 Å². The molecule has 2 heteroatoms. The van der Waals surface area contributed by atoms with E-state index in [-0.39, 0.29) is 0 Å². The molecule has 2 rings (SSSR count). The summed E-state index contributed by atoms with van der Waals surface area (Å²) in [6.45, 7) is 0. The molecule has 0 atom stereocenters. The summed E-state index contributed by atoms with van der Waals surface area (Å²) in [6, 6.07) is 6.47. The first-order valence-electron chi connectivity index (χ1n) is 4.45. The maximum absolute atomic E-state index is 3.16. The lowest BCUT2D eigenvalue weighted by Gasteiger charge is -2.09. The van der Waals surface area contributed by atoms with Crippen LogP contribution in [0, 0.1) is 0 Å². The number of hydrogen-bond donors (Lipinski definition) is 2. The molecule has 0 bridgehead atoms. The average Bonchev–Trinajstić information content (AvgIpc) is 2.53. The molecule has 1 aromatic carbocycles. The van der Waals surface area contributed by atoms with Gasteiger partial charge in [-0.05, 0) is 36.5 Å². The quantitative estimate of drug-likeness (QED) is 0.647. The Morgan fingerprint density at radius 3 is 3.00 bits per heavy atom. The smallest absolute Gasteiger partial charge is 0.0522 e. The van der Waals surface area contributed by atoms with E-state index in [1.165, 1.54) is 36.1 Å². The van der Waals surface area contributed by atoms with Gasteiger partial charge in [0.05, 0.1) is 5.69 Å². The highest BCUT2D eigenvalue weighted by molar-refractivity contribution is 5.55. The third-order valence-electron chi connectivity index (χ3n) is 2.41. The Hall–Kier alpha value is -1.02. The second-order valence-corrected chi connectivity index (χ2v) is 3.17. The summed E-state index contributed by atoms with van der Waals surface area (Å²) in [5.41, 5.74) is 10.4. The van der Waals surface area contributed by atoms with E-state index in [1.807, 2.05) is 7.05 Å². The summed E-state index contributed by atoms with van der Waals surface area (Å²) in [5.74, 6) is 0. The molecule has 0 fully saturated rings. The Bertz CT molecular complexity index is 281. The summed E-state index contributed by atoms with van der Waals surface area (Å²) in [5, 5.41) is 0. The molecule has 0 aliphatic heterocycles. The number of hydrazine groups is 1. The topological polar surface area (TPSA) is 24.1 Å². The zero-order valence-electron chi connectivity index (χ0n) is 7.35. The van der Waals surface area contributed by atoms with Crippen molar-refractivity contribution in [2.24, 2.45) is 0 Å². The van der Waals surface area contributed by atoms with Crippen LogP contribution in [0.5, 0.6) is 0 Å². The Morgan fingerprint density at radius 1 is 1.25 bits per heavy atom. The zero-order chi connectivity index (χ0) is 8.39. The van der Waals surface area contributed by atoms with Crippen molar-refractivity contribution in [2.75, 3.05) is 12.5 Å². The van der Waals surface area contributed by atoms with Gasteiger partial charge in [-0.15, -0.1) is 0 Å². The summed E-state index contributed by atoms with van der Waals surface area (Å²) in [7, 11) is 1.90. The largest absolute Gasteiger partial charge is 0.321 e. The molecule has 0 radical (unpaired) electrons. The Labute approximate surface area is 73.0 Å². The predicted molar refractivity (Wildman–Crippen MR) is 51.1 cm³/mol. The molecule has 0 saturated heterocycles. The first kappa shape index (κ1) is 7.62. The maximum Gasteiger partial charge on any atom is 0.0522 e. The fourth-order valence-electron chi connectivity index (χ4n) is 1.87. The van der Waals surface area contributed by atoms with Crippen LogP contribution in [0.1, 0.15) is 17.5 Å². The minimum atomic E-state index is 1.22. The third-order valence-corrected chi connectivity index (χ3v) is 2.41. The van der Waals surface area contributed by atoms with E-state index in [0.29, 0.717) is 0 Å². The van der Waals surface area contributed by atoms with Crippen molar-refractivity contribution in [3.05, 3.63) is 29.3 Å². The van der Waals surface area contributed by atoms with Crippen molar-refractivity contribution in [2.45, 2.75) is 19.3 Å². The van der Waals surface area contributed by atoms with Crippen molar-refractivity contribution >= 4 is 5.69 Å². The van der Waals surface area contributed by atoms with E-state index >= 15 is 0 Å². The number of nitrogens with one attached hydrogen (secondary N) is 2. The van der Waals surface area contributed by atoms with Gasteiger partial charge in [0.25, 0.3) is 0 Å². The predicted octanol–water partition coefficient (Wildman–Crippen LogP) is 1.72. The first-order valence-corrected chi connectivity index (χ1v) is 4.45. The molecule has 0 aromatic heterocycles. The molecule has 0 amide bonds. The normalized spacial score (nSPS) is 14.4. The molecule has 64 valence electrons.